The van der Waals surface area contributed by atoms with Gasteiger partial charge in [0, 0.05) is 13.1 Å². The summed E-state index contributed by atoms with van der Waals surface area (Å²) in [5, 5.41) is -0.395. The molecule has 0 unspecified atom stereocenters. The van der Waals surface area contributed by atoms with Gasteiger partial charge in [-0.25, -0.2) is 0 Å². The SMILES string of the molecule is O=C(CN1C(=O)S/C(=C\c2ccccc2)C1=O)N1CCc2ccccc2C1. The van der Waals surface area contributed by atoms with Crippen molar-refractivity contribution in [1.82, 2.24) is 9.80 Å². The number of amides is 3. The molecule has 3 amide bonds. The second-order valence-corrected chi connectivity index (χ2v) is 7.51. The van der Waals surface area contributed by atoms with Crippen LogP contribution >= 0.6 is 11.8 Å². The van der Waals surface area contributed by atoms with Gasteiger partial charge in [0.1, 0.15) is 6.54 Å². The Kier molecular flexibility index (Phi) is 4.81. The quantitative estimate of drug-likeness (QED) is 0.769. The van der Waals surface area contributed by atoms with Crippen LogP contribution in [0.15, 0.2) is 59.5 Å². The van der Waals surface area contributed by atoms with Crippen LogP contribution in [0.2, 0.25) is 0 Å². The summed E-state index contributed by atoms with van der Waals surface area (Å²) in [5.74, 6) is -0.604. The molecule has 0 bridgehead atoms. The third-order valence-corrected chi connectivity index (χ3v) is 5.66. The monoisotopic (exact) mass is 378 g/mol. The Bertz CT molecular complexity index is 939. The summed E-state index contributed by atoms with van der Waals surface area (Å²) >= 11 is 0.882. The average Bonchev–Trinajstić information content (AvgIpc) is 2.95. The van der Waals surface area contributed by atoms with Crippen LogP contribution in [-0.2, 0) is 22.6 Å². The Morgan fingerprint density at radius 1 is 1.00 bits per heavy atom. The molecular weight excluding hydrogens is 360 g/mol. The number of carbonyl (C=O) groups is 3. The van der Waals surface area contributed by atoms with E-state index in [0.29, 0.717) is 18.0 Å². The molecule has 1 saturated heterocycles. The molecule has 2 aromatic carbocycles. The van der Waals surface area contributed by atoms with Crippen molar-refractivity contribution in [2.24, 2.45) is 0 Å². The molecule has 5 nitrogen and oxygen atoms in total. The lowest BCUT2D eigenvalue weighted by atomic mass is 10.00. The van der Waals surface area contributed by atoms with Gasteiger partial charge in [-0.1, -0.05) is 54.6 Å². The molecule has 1 fully saturated rings. The molecule has 0 spiro atoms. The highest BCUT2D eigenvalue weighted by molar-refractivity contribution is 8.18. The molecule has 0 N–H and O–H groups in total. The van der Waals surface area contributed by atoms with E-state index in [-0.39, 0.29) is 12.5 Å². The molecule has 2 heterocycles. The molecule has 2 aliphatic rings. The maximum atomic E-state index is 12.7. The molecule has 0 aliphatic carbocycles. The van der Waals surface area contributed by atoms with Crippen molar-refractivity contribution in [3.63, 3.8) is 0 Å². The van der Waals surface area contributed by atoms with E-state index in [4.69, 9.17) is 0 Å². The standard InChI is InChI=1S/C21H18N2O3S/c24-19(22-11-10-16-8-4-5-9-17(16)13-22)14-23-20(25)18(27-21(23)26)12-15-6-2-1-3-7-15/h1-9,12H,10-11,13-14H2/b18-12-. The van der Waals surface area contributed by atoms with Crippen LogP contribution in [0, 0.1) is 0 Å². The Balaban J connectivity index is 1.45. The predicted octanol–water partition coefficient (Wildman–Crippen LogP) is 3.31. The maximum Gasteiger partial charge on any atom is 0.294 e. The number of hydrogen-bond acceptors (Lipinski definition) is 4. The molecule has 136 valence electrons. The first-order chi connectivity index (χ1) is 13.1. The van der Waals surface area contributed by atoms with Crippen molar-refractivity contribution in [1.29, 1.82) is 0 Å². The average molecular weight is 378 g/mol. The van der Waals surface area contributed by atoms with Crippen molar-refractivity contribution in [3.05, 3.63) is 76.2 Å². The zero-order valence-corrected chi connectivity index (χ0v) is 15.4. The van der Waals surface area contributed by atoms with Crippen molar-refractivity contribution in [3.8, 4) is 0 Å². The van der Waals surface area contributed by atoms with Gasteiger partial charge in [-0.2, -0.15) is 0 Å². The molecular formula is C21H18N2O3S. The lowest BCUT2D eigenvalue weighted by Crippen LogP contribution is -2.44. The van der Waals surface area contributed by atoms with Gasteiger partial charge in [0.25, 0.3) is 11.1 Å². The van der Waals surface area contributed by atoms with Gasteiger partial charge >= 0.3 is 0 Å². The van der Waals surface area contributed by atoms with Gasteiger partial charge < -0.3 is 4.90 Å². The van der Waals surface area contributed by atoms with E-state index in [2.05, 4.69) is 6.07 Å². The summed E-state index contributed by atoms with van der Waals surface area (Å²) in [4.78, 5) is 40.6. The van der Waals surface area contributed by atoms with Crippen molar-refractivity contribution < 1.29 is 14.4 Å². The number of imide groups is 1. The second-order valence-electron chi connectivity index (χ2n) is 6.51. The van der Waals surface area contributed by atoms with Gasteiger partial charge in [0.2, 0.25) is 5.91 Å². The molecule has 4 rings (SSSR count). The van der Waals surface area contributed by atoms with E-state index in [9.17, 15) is 14.4 Å². The number of nitrogens with zero attached hydrogens (tertiary/aromatic N) is 2. The van der Waals surface area contributed by atoms with E-state index in [1.54, 1.807) is 11.0 Å². The predicted molar refractivity (Wildman–Crippen MR) is 105 cm³/mol. The van der Waals surface area contributed by atoms with Crippen LogP contribution in [0.4, 0.5) is 4.79 Å². The van der Waals surface area contributed by atoms with E-state index in [1.165, 1.54) is 5.56 Å². The number of rotatable bonds is 3. The van der Waals surface area contributed by atoms with Gasteiger partial charge in [0.05, 0.1) is 4.91 Å². The van der Waals surface area contributed by atoms with E-state index in [1.807, 2.05) is 48.5 Å². The van der Waals surface area contributed by atoms with Crippen LogP contribution in [0.1, 0.15) is 16.7 Å². The summed E-state index contributed by atoms with van der Waals surface area (Å²) < 4.78 is 0. The Labute approximate surface area is 161 Å². The van der Waals surface area contributed by atoms with Crippen LogP contribution in [0.3, 0.4) is 0 Å². The fourth-order valence-corrected chi connectivity index (χ4v) is 4.12. The Hall–Kier alpha value is -2.86. The zero-order valence-electron chi connectivity index (χ0n) is 14.6. The molecule has 6 heteroatoms. The minimum absolute atomic E-state index is 0.201. The van der Waals surface area contributed by atoms with Crippen LogP contribution < -0.4 is 0 Å². The highest BCUT2D eigenvalue weighted by atomic mass is 32.2. The van der Waals surface area contributed by atoms with Crippen LogP contribution in [0.25, 0.3) is 6.08 Å². The highest BCUT2D eigenvalue weighted by Crippen LogP contribution is 2.32. The van der Waals surface area contributed by atoms with Crippen molar-refractivity contribution in [2.75, 3.05) is 13.1 Å². The number of hydrogen-bond donors (Lipinski definition) is 0. The smallest absolute Gasteiger partial charge is 0.294 e. The molecule has 27 heavy (non-hydrogen) atoms. The molecule has 2 aromatic rings. The highest BCUT2D eigenvalue weighted by Gasteiger charge is 2.37. The first-order valence-electron chi connectivity index (χ1n) is 8.77. The first-order valence-corrected chi connectivity index (χ1v) is 9.58. The van der Waals surface area contributed by atoms with Crippen molar-refractivity contribution >= 4 is 34.9 Å². The molecule has 0 aromatic heterocycles. The minimum atomic E-state index is -0.403. The normalized spacial score (nSPS) is 18.1. The molecule has 2 aliphatic heterocycles. The largest absolute Gasteiger partial charge is 0.336 e. The Morgan fingerprint density at radius 3 is 2.48 bits per heavy atom. The first kappa shape index (κ1) is 17.5. The Morgan fingerprint density at radius 2 is 1.70 bits per heavy atom. The zero-order chi connectivity index (χ0) is 18.8. The minimum Gasteiger partial charge on any atom is -0.336 e. The lowest BCUT2D eigenvalue weighted by Gasteiger charge is -2.29. The summed E-state index contributed by atoms with van der Waals surface area (Å²) in [6, 6.07) is 17.4. The van der Waals surface area contributed by atoms with E-state index in [0.717, 1.165) is 34.2 Å². The van der Waals surface area contributed by atoms with Gasteiger partial charge in [-0.15, -0.1) is 0 Å². The van der Waals surface area contributed by atoms with Crippen molar-refractivity contribution in [2.45, 2.75) is 13.0 Å². The van der Waals surface area contributed by atoms with E-state index < -0.39 is 11.1 Å². The number of carbonyl (C=O) groups excluding carboxylic acids is 3. The van der Waals surface area contributed by atoms with Crippen LogP contribution in [-0.4, -0.2) is 39.9 Å². The summed E-state index contributed by atoms with van der Waals surface area (Å²) in [7, 11) is 0. The maximum absolute atomic E-state index is 12.7. The number of fused-ring (bicyclic) bond motifs is 1. The third-order valence-electron chi connectivity index (χ3n) is 4.75. The molecule has 0 radical (unpaired) electrons. The fourth-order valence-electron chi connectivity index (χ4n) is 3.28. The van der Waals surface area contributed by atoms with Crippen LogP contribution in [0.5, 0.6) is 0 Å². The number of thioether (sulfide) groups is 1. The molecule has 0 atom stereocenters. The summed E-state index contributed by atoms with van der Waals surface area (Å²) in [5.41, 5.74) is 3.22. The van der Waals surface area contributed by atoms with E-state index >= 15 is 0 Å². The summed E-state index contributed by atoms with van der Waals surface area (Å²) in [6.07, 6.45) is 2.48. The van der Waals surface area contributed by atoms with Gasteiger partial charge in [0.15, 0.2) is 0 Å². The lowest BCUT2D eigenvalue weighted by molar-refractivity contribution is -0.136. The van der Waals surface area contributed by atoms with Gasteiger partial charge in [-0.05, 0) is 40.9 Å². The number of benzene rings is 2. The fraction of sp³-hybridized carbons (Fsp3) is 0.190. The topological polar surface area (TPSA) is 57.7 Å². The second kappa shape index (κ2) is 7.40. The van der Waals surface area contributed by atoms with Gasteiger partial charge in [-0.3, -0.25) is 19.3 Å². The summed E-state index contributed by atoms with van der Waals surface area (Å²) in [6.45, 7) is 0.913. The molecule has 0 saturated carbocycles. The third kappa shape index (κ3) is 3.66.